The van der Waals surface area contributed by atoms with Crippen molar-refractivity contribution >= 4 is 62.5 Å². The van der Waals surface area contributed by atoms with Gasteiger partial charge in [-0.1, -0.05) is 60.4 Å². The quantitative estimate of drug-likeness (QED) is 0.0414. The molecule has 0 aliphatic rings. The van der Waals surface area contributed by atoms with Gasteiger partial charge < -0.3 is 14.2 Å². The van der Waals surface area contributed by atoms with E-state index in [4.69, 9.17) is 4.84 Å². The lowest BCUT2D eigenvalue weighted by atomic mass is 9.99. The predicted molar refractivity (Wildman–Crippen MR) is 188 cm³/mol. The third kappa shape index (κ3) is 7.76. The standard InChI is InChI=1S/C39H35N3O7/c1-5-6-8-13-34(41-49-26(4)44)39(47)30-17-21-36-33(23-30)32-22-29(37(45)24(2)40-48-25(3)43)16-20-35(32)42(36)31-18-14-28(15-19-31)38(46)27-11-9-7-10-12-27/h7,9-12,14-23H,5-6,8,13H2,1-4H3. The lowest BCUT2D eigenvalue weighted by Crippen LogP contribution is -2.16. The number of carbonyl (C=O) groups is 5. The summed E-state index contributed by atoms with van der Waals surface area (Å²) in [4.78, 5) is 72.4. The molecule has 0 spiro atoms. The molecule has 0 aliphatic carbocycles. The largest absolute Gasteiger partial charge is 0.331 e. The molecule has 0 saturated carbocycles. The summed E-state index contributed by atoms with van der Waals surface area (Å²) >= 11 is 0. The van der Waals surface area contributed by atoms with Crippen LogP contribution in [0.3, 0.4) is 0 Å². The van der Waals surface area contributed by atoms with Gasteiger partial charge >= 0.3 is 11.9 Å². The number of rotatable bonds is 13. The number of carbonyl (C=O) groups excluding carboxylic acids is 5. The van der Waals surface area contributed by atoms with Crippen molar-refractivity contribution in [3.05, 3.63) is 113 Å². The van der Waals surface area contributed by atoms with Gasteiger partial charge in [-0.25, -0.2) is 9.59 Å². The lowest BCUT2D eigenvalue weighted by Gasteiger charge is -2.10. The SMILES string of the molecule is CCCCCC(=NOC(C)=O)C(=O)c1ccc2c(c1)c1cc(C(=O)C(C)=NOC(C)=O)ccc1n2-c1ccc(C(=O)c2ccccc2)cc1. The van der Waals surface area contributed by atoms with Gasteiger partial charge in [-0.3, -0.25) is 14.4 Å². The zero-order valence-electron chi connectivity index (χ0n) is 27.7. The van der Waals surface area contributed by atoms with Crippen molar-refractivity contribution in [3.8, 4) is 5.69 Å². The second kappa shape index (κ2) is 15.2. The number of benzene rings is 4. The van der Waals surface area contributed by atoms with E-state index in [0.29, 0.717) is 45.9 Å². The minimum absolute atomic E-state index is 0.00812. The highest BCUT2D eigenvalue weighted by Gasteiger charge is 2.21. The van der Waals surface area contributed by atoms with Crippen LogP contribution in [0.5, 0.6) is 0 Å². The monoisotopic (exact) mass is 657 g/mol. The molecule has 0 atom stereocenters. The molecule has 0 aliphatic heterocycles. The molecule has 0 saturated heterocycles. The number of oxime groups is 2. The third-order valence-corrected chi connectivity index (χ3v) is 7.92. The molecule has 5 aromatic rings. The van der Waals surface area contributed by atoms with Crippen LogP contribution >= 0.6 is 0 Å². The van der Waals surface area contributed by atoms with Crippen molar-refractivity contribution in [1.29, 1.82) is 0 Å². The first kappa shape index (κ1) is 34.3. The number of hydrogen-bond donors (Lipinski definition) is 0. The van der Waals surface area contributed by atoms with Crippen LogP contribution in [-0.2, 0) is 19.3 Å². The van der Waals surface area contributed by atoms with Crippen molar-refractivity contribution in [1.82, 2.24) is 4.57 Å². The van der Waals surface area contributed by atoms with Crippen LogP contribution in [0.2, 0.25) is 0 Å². The van der Waals surface area contributed by atoms with Crippen LogP contribution in [-0.4, -0.2) is 45.3 Å². The fourth-order valence-electron chi connectivity index (χ4n) is 5.51. The van der Waals surface area contributed by atoms with E-state index in [-0.39, 0.29) is 23.0 Å². The highest BCUT2D eigenvalue weighted by Crippen LogP contribution is 2.34. The molecule has 10 nitrogen and oxygen atoms in total. The Kier molecular flexibility index (Phi) is 10.7. The molecule has 0 amide bonds. The molecule has 0 N–H and O–H groups in total. The van der Waals surface area contributed by atoms with Crippen LogP contribution in [0.4, 0.5) is 0 Å². The van der Waals surface area contributed by atoms with Crippen LogP contribution in [0.1, 0.15) is 90.0 Å². The first-order valence-electron chi connectivity index (χ1n) is 15.9. The average Bonchev–Trinajstić information content (AvgIpc) is 3.44. The number of unbranched alkanes of at least 4 members (excludes halogenated alkanes) is 2. The fraction of sp³-hybridized carbons (Fsp3) is 0.205. The Morgan fingerprint density at radius 2 is 1.14 bits per heavy atom. The number of aromatic nitrogens is 1. The van der Waals surface area contributed by atoms with Crippen LogP contribution in [0, 0.1) is 0 Å². The highest BCUT2D eigenvalue weighted by molar-refractivity contribution is 6.46. The van der Waals surface area contributed by atoms with Gasteiger partial charge in [0, 0.05) is 52.6 Å². The topological polar surface area (TPSA) is 133 Å². The Morgan fingerprint density at radius 3 is 1.71 bits per heavy atom. The maximum absolute atomic E-state index is 13.7. The zero-order valence-corrected chi connectivity index (χ0v) is 27.7. The molecular formula is C39H35N3O7. The smallest absolute Gasteiger partial charge is 0.318 e. The van der Waals surface area contributed by atoms with Crippen molar-refractivity contribution in [2.24, 2.45) is 10.3 Å². The maximum atomic E-state index is 13.7. The molecule has 0 bridgehead atoms. The Bertz CT molecular complexity index is 2140. The van der Waals surface area contributed by atoms with Gasteiger partial charge in [0.15, 0.2) is 5.78 Å². The molecule has 5 rings (SSSR count). The van der Waals surface area contributed by atoms with Crippen LogP contribution in [0.25, 0.3) is 27.5 Å². The summed E-state index contributed by atoms with van der Waals surface area (Å²) in [5.74, 6) is -2.19. The number of ketones is 3. The molecule has 10 heteroatoms. The van der Waals surface area contributed by atoms with E-state index in [0.717, 1.165) is 29.6 Å². The van der Waals surface area contributed by atoms with E-state index in [2.05, 4.69) is 15.1 Å². The number of nitrogens with zero attached hydrogens (tertiary/aromatic N) is 3. The summed E-state index contributed by atoms with van der Waals surface area (Å²) in [5.41, 5.74) is 4.12. The summed E-state index contributed by atoms with van der Waals surface area (Å²) in [6, 6.07) is 26.7. The van der Waals surface area contributed by atoms with Gasteiger partial charge in [0.05, 0.1) is 11.0 Å². The summed E-state index contributed by atoms with van der Waals surface area (Å²) in [5, 5.41) is 8.88. The van der Waals surface area contributed by atoms with Gasteiger partial charge in [0.25, 0.3) is 0 Å². The second-order valence-electron chi connectivity index (χ2n) is 11.5. The maximum Gasteiger partial charge on any atom is 0.331 e. The number of fused-ring (bicyclic) bond motifs is 3. The first-order chi connectivity index (χ1) is 23.6. The van der Waals surface area contributed by atoms with E-state index >= 15 is 0 Å². The van der Waals surface area contributed by atoms with Crippen LogP contribution in [0.15, 0.2) is 101 Å². The van der Waals surface area contributed by atoms with Crippen molar-refractivity contribution in [2.75, 3.05) is 0 Å². The average molecular weight is 658 g/mol. The van der Waals surface area contributed by atoms with Gasteiger partial charge in [-0.15, -0.1) is 0 Å². The molecule has 0 unspecified atom stereocenters. The van der Waals surface area contributed by atoms with E-state index in [1.54, 1.807) is 54.6 Å². The molecule has 1 aromatic heterocycles. The second-order valence-corrected chi connectivity index (χ2v) is 11.5. The van der Waals surface area contributed by atoms with Gasteiger partial charge in [0.2, 0.25) is 11.6 Å². The molecule has 248 valence electrons. The molecular weight excluding hydrogens is 622 g/mol. The van der Waals surface area contributed by atoms with Gasteiger partial charge in [-0.05, 0) is 80.4 Å². The summed E-state index contributed by atoms with van der Waals surface area (Å²) in [6.07, 6.45) is 2.86. The summed E-state index contributed by atoms with van der Waals surface area (Å²) < 4.78 is 1.98. The Labute approximate surface area is 283 Å². The van der Waals surface area contributed by atoms with E-state index in [9.17, 15) is 24.0 Å². The van der Waals surface area contributed by atoms with E-state index in [1.807, 2.05) is 47.9 Å². The third-order valence-electron chi connectivity index (χ3n) is 7.92. The Balaban J connectivity index is 1.64. The zero-order chi connectivity index (χ0) is 35.1. The highest BCUT2D eigenvalue weighted by atomic mass is 16.7. The summed E-state index contributed by atoms with van der Waals surface area (Å²) in [7, 11) is 0. The number of hydrogen-bond acceptors (Lipinski definition) is 9. The van der Waals surface area contributed by atoms with E-state index in [1.165, 1.54) is 20.8 Å². The van der Waals surface area contributed by atoms with Gasteiger partial charge in [0.1, 0.15) is 11.4 Å². The van der Waals surface area contributed by atoms with Crippen molar-refractivity contribution in [3.63, 3.8) is 0 Å². The molecule has 0 radical (unpaired) electrons. The first-order valence-corrected chi connectivity index (χ1v) is 15.9. The Hall–Kier alpha value is -6.03. The molecule has 49 heavy (non-hydrogen) atoms. The van der Waals surface area contributed by atoms with E-state index < -0.39 is 17.7 Å². The normalized spacial score (nSPS) is 11.8. The molecule has 4 aromatic carbocycles. The molecule has 1 heterocycles. The minimum Gasteiger partial charge on any atom is -0.318 e. The summed E-state index contributed by atoms with van der Waals surface area (Å²) in [6.45, 7) is 5.92. The Morgan fingerprint density at radius 1 is 0.612 bits per heavy atom. The van der Waals surface area contributed by atoms with Crippen LogP contribution < -0.4 is 0 Å². The van der Waals surface area contributed by atoms with Gasteiger partial charge in [-0.2, -0.15) is 0 Å². The number of Topliss-reactive ketones (excluding diaryl/α,β-unsaturated/α-hetero) is 2. The molecule has 0 fully saturated rings. The fourth-order valence-corrected chi connectivity index (χ4v) is 5.51. The minimum atomic E-state index is -0.648. The lowest BCUT2D eigenvalue weighted by molar-refractivity contribution is -0.141. The van der Waals surface area contributed by atoms with Crippen molar-refractivity contribution < 1.29 is 33.6 Å². The predicted octanol–water partition coefficient (Wildman–Crippen LogP) is 7.82. The van der Waals surface area contributed by atoms with Crippen molar-refractivity contribution in [2.45, 2.75) is 53.4 Å².